The lowest BCUT2D eigenvalue weighted by atomic mass is 10.1. The van der Waals surface area contributed by atoms with Gasteiger partial charge in [0.05, 0.1) is 17.4 Å². The topological polar surface area (TPSA) is 82.1 Å². The first-order chi connectivity index (χ1) is 12.0. The number of carbonyl (C=O) groups is 2. The number of nitrogens with zero attached hydrogens (tertiary/aromatic N) is 2. The summed E-state index contributed by atoms with van der Waals surface area (Å²) in [6.07, 6.45) is -0.202. The smallest absolute Gasteiger partial charge is 0.265 e. The van der Waals surface area contributed by atoms with Gasteiger partial charge < -0.3 is 20.1 Å². The number of β-amino-alcohol motifs (C(OH)–C–C–N with tert-alkyl or cyclic N) is 1. The molecule has 7 heteroatoms. The lowest BCUT2D eigenvalue weighted by Gasteiger charge is -2.36. The fourth-order valence-corrected chi connectivity index (χ4v) is 3.13. The third-order valence-corrected chi connectivity index (χ3v) is 4.77. The molecule has 3 rings (SSSR count). The van der Waals surface area contributed by atoms with Crippen LogP contribution < -0.4 is 10.1 Å². The number of rotatable bonds is 4. The molecule has 1 aromatic rings. The first kappa shape index (κ1) is 17.7. The van der Waals surface area contributed by atoms with E-state index in [1.165, 1.54) is 0 Å². The van der Waals surface area contributed by atoms with Gasteiger partial charge in [-0.2, -0.15) is 0 Å². The van der Waals surface area contributed by atoms with Crippen LogP contribution in [-0.2, 0) is 4.79 Å². The van der Waals surface area contributed by atoms with E-state index in [0.29, 0.717) is 36.6 Å². The molecule has 2 heterocycles. The van der Waals surface area contributed by atoms with Gasteiger partial charge in [-0.05, 0) is 25.5 Å². The number of para-hydroxylation sites is 1. The number of benzene rings is 1. The molecule has 1 aromatic carbocycles. The van der Waals surface area contributed by atoms with Gasteiger partial charge in [0.1, 0.15) is 0 Å². The Morgan fingerprint density at radius 2 is 2.08 bits per heavy atom. The number of hydrogen-bond acceptors (Lipinski definition) is 5. The van der Waals surface area contributed by atoms with E-state index in [1.54, 1.807) is 30.0 Å². The highest BCUT2D eigenvalue weighted by Crippen LogP contribution is 2.34. The maximum Gasteiger partial charge on any atom is 0.265 e. The summed E-state index contributed by atoms with van der Waals surface area (Å²) in [6, 6.07) is 5.22. The van der Waals surface area contributed by atoms with Gasteiger partial charge in [0, 0.05) is 32.7 Å². The van der Waals surface area contributed by atoms with Gasteiger partial charge in [-0.1, -0.05) is 13.0 Å². The quantitative estimate of drug-likeness (QED) is 0.847. The minimum absolute atomic E-state index is 0.0871. The zero-order valence-corrected chi connectivity index (χ0v) is 14.7. The molecule has 0 aliphatic carbocycles. The van der Waals surface area contributed by atoms with Crippen molar-refractivity contribution < 1.29 is 19.4 Å². The number of carbonyl (C=O) groups excluding carboxylic acids is 2. The Morgan fingerprint density at radius 1 is 1.36 bits per heavy atom. The number of anilines is 1. The average Bonchev–Trinajstić information content (AvgIpc) is 2.62. The number of amides is 2. The Balaban J connectivity index is 1.69. The summed E-state index contributed by atoms with van der Waals surface area (Å²) in [5.74, 6) is 0.152. The first-order valence-corrected chi connectivity index (χ1v) is 8.79. The fourth-order valence-electron chi connectivity index (χ4n) is 3.13. The van der Waals surface area contributed by atoms with Crippen LogP contribution in [0.15, 0.2) is 18.2 Å². The van der Waals surface area contributed by atoms with Crippen LogP contribution in [0.3, 0.4) is 0 Å². The number of aliphatic hydroxyl groups is 1. The number of ether oxygens (including phenoxy) is 1. The molecule has 0 saturated carbocycles. The second-order valence-corrected chi connectivity index (χ2v) is 6.59. The van der Waals surface area contributed by atoms with E-state index in [-0.39, 0.29) is 17.9 Å². The van der Waals surface area contributed by atoms with E-state index < -0.39 is 6.10 Å². The summed E-state index contributed by atoms with van der Waals surface area (Å²) in [7, 11) is 0. The molecule has 2 aliphatic heterocycles. The van der Waals surface area contributed by atoms with Gasteiger partial charge in [0.15, 0.2) is 11.9 Å². The molecule has 0 unspecified atom stereocenters. The molecular formula is C18H25N3O4. The Kier molecular flexibility index (Phi) is 5.24. The molecule has 136 valence electrons. The van der Waals surface area contributed by atoms with E-state index in [2.05, 4.69) is 10.2 Å². The molecule has 7 nitrogen and oxygen atoms in total. The highest BCUT2D eigenvalue weighted by Gasteiger charge is 2.30. The largest absolute Gasteiger partial charge is 0.478 e. The maximum atomic E-state index is 12.9. The van der Waals surface area contributed by atoms with Gasteiger partial charge >= 0.3 is 0 Å². The van der Waals surface area contributed by atoms with Crippen LogP contribution in [0.25, 0.3) is 0 Å². The SMILES string of the molecule is CC[C@H](O)CN1CCN(C(=O)c2cccc3c2O[C@H](C)C(=O)N3)CC1. The zero-order chi connectivity index (χ0) is 18.0. The highest BCUT2D eigenvalue weighted by molar-refractivity contribution is 6.04. The highest BCUT2D eigenvalue weighted by atomic mass is 16.5. The summed E-state index contributed by atoms with van der Waals surface area (Å²) < 4.78 is 5.67. The van der Waals surface area contributed by atoms with Crippen molar-refractivity contribution in [2.75, 3.05) is 38.0 Å². The molecule has 2 amide bonds. The van der Waals surface area contributed by atoms with Crippen LogP contribution in [0.4, 0.5) is 5.69 Å². The van der Waals surface area contributed by atoms with Crippen molar-refractivity contribution in [2.24, 2.45) is 0 Å². The second kappa shape index (κ2) is 7.41. The molecule has 1 saturated heterocycles. The monoisotopic (exact) mass is 347 g/mol. The Bertz CT molecular complexity index is 656. The standard InChI is InChI=1S/C18H25N3O4/c1-3-13(22)11-20-7-9-21(10-8-20)18(24)14-5-4-6-15-16(14)25-12(2)17(23)19-15/h4-6,12-13,22H,3,7-11H2,1-2H3,(H,19,23)/t12-,13+/m1/s1. The first-order valence-electron chi connectivity index (χ1n) is 8.79. The number of piperazine rings is 1. The average molecular weight is 347 g/mol. The fraction of sp³-hybridized carbons (Fsp3) is 0.556. The number of nitrogens with one attached hydrogen (secondary N) is 1. The van der Waals surface area contributed by atoms with Crippen LogP contribution in [-0.4, -0.2) is 71.7 Å². The minimum Gasteiger partial charge on any atom is -0.478 e. The predicted octanol–water partition coefficient (Wildman–Crippen LogP) is 0.935. The van der Waals surface area contributed by atoms with E-state index in [9.17, 15) is 14.7 Å². The predicted molar refractivity (Wildman–Crippen MR) is 93.8 cm³/mol. The van der Waals surface area contributed by atoms with Crippen molar-refractivity contribution in [1.82, 2.24) is 9.80 Å². The van der Waals surface area contributed by atoms with Crippen molar-refractivity contribution in [1.29, 1.82) is 0 Å². The molecule has 0 aromatic heterocycles. The molecular weight excluding hydrogens is 322 g/mol. The molecule has 2 N–H and O–H groups in total. The number of fused-ring (bicyclic) bond motifs is 1. The van der Waals surface area contributed by atoms with Gasteiger partial charge in [0.2, 0.25) is 0 Å². The Hall–Kier alpha value is -2.12. The normalized spacial score (nSPS) is 22.0. The van der Waals surface area contributed by atoms with E-state index in [1.807, 2.05) is 6.92 Å². The van der Waals surface area contributed by atoms with Crippen LogP contribution in [0.2, 0.25) is 0 Å². The van der Waals surface area contributed by atoms with Gasteiger partial charge in [-0.3, -0.25) is 14.5 Å². The Labute approximate surface area is 147 Å². The van der Waals surface area contributed by atoms with Crippen LogP contribution in [0.1, 0.15) is 30.6 Å². The molecule has 0 spiro atoms. The van der Waals surface area contributed by atoms with Gasteiger partial charge in [-0.15, -0.1) is 0 Å². The zero-order valence-electron chi connectivity index (χ0n) is 14.7. The number of hydrogen-bond donors (Lipinski definition) is 2. The molecule has 25 heavy (non-hydrogen) atoms. The van der Waals surface area contributed by atoms with Gasteiger partial charge in [-0.25, -0.2) is 0 Å². The summed E-state index contributed by atoms with van der Waals surface area (Å²) in [6.45, 7) is 6.98. The third-order valence-electron chi connectivity index (χ3n) is 4.77. The van der Waals surface area contributed by atoms with Gasteiger partial charge in [0.25, 0.3) is 11.8 Å². The second-order valence-electron chi connectivity index (χ2n) is 6.59. The Morgan fingerprint density at radius 3 is 2.76 bits per heavy atom. The van der Waals surface area contributed by atoms with Crippen molar-refractivity contribution >= 4 is 17.5 Å². The summed E-state index contributed by atoms with van der Waals surface area (Å²) in [5.41, 5.74) is 1.02. The molecule has 0 radical (unpaired) electrons. The molecule has 2 atom stereocenters. The summed E-state index contributed by atoms with van der Waals surface area (Å²) >= 11 is 0. The van der Waals surface area contributed by atoms with E-state index in [0.717, 1.165) is 19.5 Å². The summed E-state index contributed by atoms with van der Waals surface area (Å²) in [4.78, 5) is 28.6. The van der Waals surface area contributed by atoms with Crippen molar-refractivity contribution in [2.45, 2.75) is 32.5 Å². The molecule has 2 aliphatic rings. The van der Waals surface area contributed by atoms with E-state index >= 15 is 0 Å². The lowest BCUT2D eigenvalue weighted by molar-refractivity contribution is -0.122. The maximum absolute atomic E-state index is 12.9. The third kappa shape index (κ3) is 3.77. The molecule has 1 fully saturated rings. The lowest BCUT2D eigenvalue weighted by Crippen LogP contribution is -2.50. The summed E-state index contributed by atoms with van der Waals surface area (Å²) in [5, 5.41) is 12.5. The van der Waals surface area contributed by atoms with Crippen molar-refractivity contribution in [3.8, 4) is 5.75 Å². The minimum atomic E-state index is -0.617. The van der Waals surface area contributed by atoms with E-state index in [4.69, 9.17) is 4.74 Å². The van der Waals surface area contributed by atoms with Crippen LogP contribution in [0.5, 0.6) is 5.75 Å². The van der Waals surface area contributed by atoms with Crippen molar-refractivity contribution in [3.63, 3.8) is 0 Å². The number of aliphatic hydroxyl groups excluding tert-OH is 1. The van der Waals surface area contributed by atoms with Crippen molar-refractivity contribution in [3.05, 3.63) is 23.8 Å². The van der Waals surface area contributed by atoms with Crippen LogP contribution >= 0.6 is 0 Å². The molecule has 0 bridgehead atoms. The van der Waals surface area contributed by atoms with Crippen LogP contribution in [0, 0.1) is 0 Å².